The standard InChI is InChI=1S/C25H29NO3S/c1-24(2,3)17-12-15(13-18(22(17)28)25(4,5)6)8-11-20(27)16-9-10-19-21(14-16)30-23(29)26(19)7/h8-14,28H,1-7H3. The summed E-state index contributed by atoms with van der Waals surface area (Å²) in [5.74, 6) is 0.200. The maximum atomic E-state index is 12.8. The molecule has 0 aliphatic heterocycles. The van der Waals surface area contributed by atoms with Crippen LogP contribution in [0.25, 0.3) is 16.3 Å². The topological polar surface area (TPSA) is 59.3 Å². The summed E-state index contributed by atoms with van der Waals surface area (Å²) in [6, 6.07) is 9.22. The first-order chi connectivity index (χ1) is 13.8. The number of rotatable bonds is 3. The summed E-state index contributed by atoms with van der Waals surface area (Å²) in [5.41, 5.74) is 3.51. The molecule has 0 atom stereocenters. The van der Waals surface area contributed by atoms with E-state index in [-0.39, 0.29) is 21.5 Å². The van der Waals surface area contributed by atoms with Gasteiger partial charge >= 0.3 is 4.87 Å². The minimum absolute atomic E-state index is 0.0429. The molecule has 0 bridgehead atoms. The van der Waals surface area contributed by atoms with E-state index in [2.05, 4.69) is 41.5 Å². The normalized spacial score (nSPS) is 12.8. The van der Waals surface area contributed by atoms with Gasteiger partial charge in [0, 0.05) is 23.7 Å². The van der Waals surface area contributed by atoms with Crippen LogP contribution in [0.5, 0.6) is 5.75 Å². The highest BCUT2D eigenvalue weighted by Crippen LogP contribution is 2.40. The smallest absolute Gasteiger partial charge is 0.307 e. The molecule has 3 rings (SSSR count). The Morgan fingerprint density at radius 2 is 1.57 bits per heavy atom. The van der Waals surface area contributed by atoms with Crippen LogP contribution in [0, 0.1) is 0 Å². The number of phenolic OH excluding ortho intramolecular Hbond substituents is 1. The Bertz CT molecular complexity index is 1180. The van der Waals surface area contributed by atoms with Gasteiger partial charge in [-0.25, -0.2) is 0 Å². The van der Waals surface area contributed by atoms with Crippen molar-refractivity contribution in [2.45, 2.75) is 52.4 Å². The molecule has 0 saturated heterocycles. The van der Waals surface area contributed by atoms with E-state index in [1.807, 2.05) is 18.2 Å². The lowest BCUT2D eigenvalue weighted by atomic mass is 9.78. The van der Waals surface area contributed by atoms with Gasteiger partial charge < -0.3 is 9.67 Å². The zero-order valence-corrected chi connectivity index (χ0v) is 19.5. The van der Waals surface area contributed by atoms with Crippen molar-refractivity contribution in [3.05, 3.63) is 68.3 Å². The van der Waals surface area contributed by atoms with E-state index in [0.717, 1.165) is 38.2 Å². The fraction of sp³-hybridized carbons (Fsp3) is 0.360. The summed E-state index contributed by atoms with van der Waals surface area (Å²) in [6.45, 7) is 12.4. The summed E-state index contributed by atoms with van der Waals surface area (Å²) >= 11 is 1.14. The predicted octanol–water partition coefficient (Wildman–Crippen LogP) is 5.80. The van der Waals surface area contributed by atoms with E-state index in [1.54, 1.807) is 35.9 Å². The Labute approximate surface area is 181 Å². The lowest BCUT2D eigenvalue weighted by molar-refractivity contribution is 0.104. The Balaban J connectivity index is 2.00. The van der Waals surface area contributed by atoms with Gasteiger partial charge in [0.25, 0.3) is 0 Å². The number of hydrogen-bond donors (Lipinski definition) is 1. The lowest BCUT2D eigenvalue weighted by Gasteiger charge is -2.27. The van der Waals surface area contributed by atoms with Crippen molar-refractivity contribution in [2.75, 3.05) is 0 Å². The highest BCUT2D eigenvalue weighted by molar-refractivity contribution is 7.16. The molecule has 5 heteroatoms. The first-order valence-electron chi connectivity index (χ1n) is 9.99. The first kappa shape index (κ1) is 22.0. The van der Waals surface area contributed by atoms with Crippen molar-refractivity contribution in [1.29, 1.82) is 0 Å². The van der Waals surface area contributed by atoms with Gasteiger partial charge in [-0.05, 0) is 52.8 Å². The Morgan fingerprint density at radius 3 is 2.10 bits per heavy atom. The van der Waals surface area contributed by atoms with Crippen LogP contribution in [0.3, 0.4) is 0 Å². The number of thiazole rings is 1. The molecule has 4 nitrogen and oxygen atoms in total. The van der Waals surface area contributed by atoms with Crippen LogP contribution in [0.15, 0.2) is 41.2 Å². The number of aromatic hydroxyl groups is 1. The second-order valence-electron chi connectivity index (χ2n) is 9.77. The average molecular weight is 424 g/mol. The van der Waals surface area contributed by atoms with E-state index in [4.69, 9.17) is 0 Å². The lowest BCUT2D eigenvalue weighted by Crippen LogP contribution is -2.17. The van der Waals surface area contributed by atoms with Gasteiger partial charge in [-0.2, -0.15) is 0 Å². The summed E-state index contributed by atoms with van der Waals surface area (Å²) in [5, 5.41) is 10.8. The first-order valence-corrected chi connectivity index (χ1v) is 10.8. The van der Waals surface area contributed by atoms with E-state index >= 15 is 0 Å². The summed E-state index contributed by atoms with van der Waals surface area (Å²) in [6.07, 6.45) is 3.35. The van der Waals surface area contributed by atoms with Crippen molar-refractivity contribution < 1.29 is 9.90 Å². The molecule has 1 heterocycles. The van der Waals surface area contributed by atoms with Gasteiger partial charge in [0.1, 0.15) is 5.75 Å². The molecule has 0 spiro atoms. The number of aryl methyl sites for hydroxylation is 1. The highest BCUT2D eigenvalue weighted by Gasteiger charge is 2.26. The number of nitrogens with zero attached hydrogens (tertiary/aromatic N) is 1. The number of hydrogen-bond acceptors (Lipinski definition) is 4. The summed E-state index contributed by atoms with van der Waals surface area (Å²) in [7, 11) is 1.73. The fourth-order valence-corrected chi connectivity index (χ4v) is 4.37. The van der Waals surface area contributed by atoms with E-state index < -0.39 is 0 Å². The van der Waals surface area contributed by atoms with Crippen LogP contribution >= 0.6 is 11.3 Å². The van der Waals surface area contributed by atoms with Gasteiger partial charge in [-0.1, -0.05) is 59.0 Å². The van der Waals surface area contributed by atoms with Crippen molar-refractivity contribution in [3.63, 3.8) is 0 Å². The molecule has 2 aromatic carbocycles. The highest BCUT2D eigenvalue weighted by atomic mass is 32.1. The van der Waals surface area contributed by atoms with Crippen molar-refractivity contribution >= 4 is 33.4 Å². The molecule has 0 fully saturated rings. The maximum absolute atomic E-state index is 12.8. The number of benzene rings is 2. The van der Waals surface area contributed by atoms with Crippen molar-refractivity contribution in [2.24, 2.45) is 7.05 Å². The molecule has 3 aromatic rings. The third-order valence-electron chi connectivity index (χ3n) is 5.25. The molecule has 30 heavy (non-hydrogen) atoms. The van der Waals surface area contributed by atoms with Gasteiger partial charge in [0.2, 0.25) is 0 Å². The quantitative estimate of drug-likeness (QED) is 0.428. The van der Waals surface area contributed by atoms with Crippen LogP contribution in [-0.2, 0) is 17.9 Å². The van der Waals surface area contributed by atoms with Crippen LogP contribution in [0.4, 0.5) is 0 Å². The maximum Gasteiger partial charge on any atom is 0.307 e. The van der Waals surface area contributed by atoms with E-state index in [0.29, 0.717) is 11.3 Å². The minimum Gasteiger partial charge on any atom is -0.507 e. The van der Waals surface area contributed by atoms with Crippen molar-refractivity contribution in [1.82, 2.24) is 4.57 Å². The molecule has 0 aliphatic rings. The monoisotopic (exact) mass is 423 g/mol. The number of aromatic nitrogens is 1. The van der Waals surface area contributed by atoms with Crippen LogP contribution in [0.2, 0.25) is 0 Å². The second-order valence-corrected chi connectivity index (χ2v) is 10.8. The zero-order valence-electron chi connectivity index (χ0n) is 18.7. The molecule has 0 amide bonds. The molecule has 0 unspecified atom stereocenters. The number of carbonyl (C=O) groups excluding carboxylic acids is 1. The SMILES string of the molecule is Cn1c(=O)sc2cc(C(=O)C=Cc3cc(C(C)(C)C)c(O)c(C(C)(C)C)c3)ccc21. The molecule has 1 aromatic heterocycles. The molecule has 0 aliphatic carbocycles. The number of carbonyl (C=O) groups is 1. The zero-order chi connectivity index (χ0) is 22.4. The van der Waals surface area contributed by atoms with Crippen LogP contribution in [0.1, 0.15) is 68.6 Å². The number of ketones is 1. The Morgan fingerprint density at radius 1 is 1.00 bits per heavy atom. The van der Waals surface area contributed by atoms with E-state index in [1.165, 1.54) is 0 Å². The van der Waals surface area contributed by atoms with Crippen LogP contribution in [-0.4, -0.2) is 15.5 Å². The number of phenols is 1. The third-order valence-corrected chi connectivity index (χ3v) is 6.25. The minimum atomic E-state index is -0.228. The predicted molar refractivity (Wildman–Crippen MR) is 126 cm³/mol. The molecule has 0 saturated carbocycles. The van der Waals surface area contributed by atoms with E-state index in [9.17, 15) is 14.7 Å². The molecular weight excluding hydrogens is 394 g/mol. The summed E-state index contributed by atoms with van der Waals surface area (Å²) < 4.78 is 2.39. The van der Waals surface area contributed by atoms with Gasteiger partial charge in [-0.15, -0.1) is 0 Å². The average Bonchev–Trinajstić information content (AvgIpc) is 2.92. The summed E-state index contributed by atoms with van der Waals surface area (Å²) in [4.78, 5) is 24.6. The second kappa shape index (κ2) is 7.55. The van der Waals surface area contributed by atoms with Gasteiger partial charge in [-0.3, -0.25) is 9.59 Å². The Kier molecular flexibility index (Phi) is 5.54. The van der Waals surface area contributed by atoms with Gasteiger partial charge in [0.05, 0.1) is 10.2 Å². The largest absolute Gasteiger partial charge is 0.507 e. The Hall–Kier alpha value is -2.66. The molecule has 1 N–H and O–H groups in total. The van der Waals surface area contributed by atoms with Gasteiger partial charge in [0.15, 0.2) is 5.78 Å². The fourth-order valence-electron chi connectivity index (χ4n) is 3.45. The van der Waals surface area contributed by atoms with Crippen molar-refractivity contribution in [3.8, 4) is 5.75 Å². The van der Waals surface area contributed by atoms with Crippen LogP contribution < -0.4 is 4.87 Å². The molecule has 0 radical (unpaired) electrons. The third kappa shape index (κ3) is 4.26. The molecular formula is C25H29NO3S. The molecule has 158 valence electrons. The number of fused-ring (bicyclic) bond motifs is 1. The number of allylic oxidation sites excluding steroid dienone is 1.